The predicted octanol–water partition coefficient (Wildman–Crippen LogP) is 4.74. The molecule has 2 nitrogen and oxygen atoms in total. The molecule has 0 amide bonds. The van der Waals surface area contributed by atoms with Gasteiger partial charge in [-0.05, 0) is 41.1 Å². The van der Waals surface area contributed by atoms with Gasteiger partial charge in [0.15, 0.2) is 0 Å². The Bertz CT molecular complexity index is 513. The van der Waals surface area contributed by atoms with Crippen molar-refractivity contribution in [2.24, 2.45) is 0 Å². The maximum atomic E-state index is 13.2. The molecule has 0 saturated carbocycles. The van der Waals surface area contributed by atoms with Crippen molar-refractivity contribution >= 4 is 27.5 Å². The summed E-state index contributed by atoms with van der Waals surface area (Å²) in [4.78, 5) is 4.20. The molecule has 0 aliphatic rings. The number of halogens is 3. The summed E-state index contributed by atoms with van der Waals surface area (Å²) < 4.78 is 19.5. The molecule has 0 atom stereocenters. The standard InChI is InChI=1S/C12H8BrClFNO/c1-7-9(13)3-5-12(16-7)17-8-2-4-10(14)11(15)6-8/h2-6H,1H3. The van der Waals surface area contributed by atoms with Crippen molar-refractivity contribution in [2.75, 3.05) is 0 Å². The van der Waals surface area contributed by atoms with Crippen molar-refractivity contribution in [2.45, 2.75) is 6.92 Å². The summed E-state index contributed by atoms with van der Waals surface area (Å²) in [6, 6.07) is 7.78. The van der Waals surface area contributed by atoms with Gasteiger partial charge in [-0.1, -0.05) is 11.6 Å². The van der Waals surface area contributed by atoms with E-state index in [1.54, 1.807) is 12.1 Å². The Kier molecular flexibility index (Phi) is 3.64. The number of hydrogen-bond donors (Lipinski definition) is 0. The molecule has 0 spiro atoms. The fourth-order valence-corrected chi connectivity index (χ4v) is 1.58. The molecule has 0 fully saturated rings. The maximum absolute atomic E-state index is 13.2. The zero-order valence-electron chi connectivity index (χ0n) is 8.88. The molecule has 88 valence electrons. The van der Waals surface area contributed by atoms with Crippen LogP contribution in [0, 0.1) is 12.7 Å². The number of aryl methyl sites for hydroxylation is 1. The smallest absolute Gasteiger partial charge is 0.219 e. The first-order valence-corrected chi connectivity index (χ1v) is 5.99. The highest BCUT2D eigenvalue weighted by molar-refractivity contribution is 9.10. The highest BCUT2D eigenvalue weighted by Gasteiger charge is 2.05. The molecule has 0 bridgehead atoms. The Labute approximate surface area is 112 Å². The van der Waals surface area contributed by atoms with Crippen molar-refractivity contribution in [3.05, 3.63) is 51.3 Å². The first kappa shape index (κ1) is 12.3. The molecule has 1 aromatic carbocycles. The lowest BCUT2D eigenvalue weighted by atomic mass is 10.3. The number of hydrogen-bond acceptors (Lipinski definition) is 2. The summed E-state index contributed by atoms with van der Waals surface area (Å²) >= 11 is 8.92. The van der Waals surface area contributed by atoms with Crippen LogP contribution in [0.15, 0.2) is 34.8 Å². The van der Waals surface area contributed by atoms with Crippen LogP contribution in [0.1, 0.15) is 5.69 Å². The summed E-state index contributed by atoms with van der Waals surface area (Å²) in [6.07, 6.45) is 0. The predicted molar refractivity (Wildman–Crippen MR) is 68.2 cm³/mol. The largest absolute Gasteiger partial charge is 0.439 e. The Balaban J connectivity index is 2.25. The van der Waals surface area contributed by atoms with Crippen molar-refractivity contribution in [1.29, 1.82) is 0 Å². The fraction of sp³-hybridized carbons (Fsp3) is 0.0833. The van der Waals surface area contributed by atoms with Crippen molar-refractivity contribution < 1.29 is 9.13 Å². The van der Waals surface area contributed by atoms with Gasteiger partial charge in [0.1, 0.15) is 11.6 Å². The summed E-state index contributed by atoms with van der Waals surface area (Å²) in [5.41, 5.74) is 0.803. The van der Waals surface area contributed by atoms with E-state index in [1.165, 1.54) is 12.1 Å². The minimum absolute atomic E-state index is 0.0669. The lowest BCUT2D eigenvalue weighted by molar-refractivity contribution is 0.456. The molecule has 0 aliphatic carbocycles. The van der Waals surface area contributed by atoms with Gasteiger partial charge in [-0.2, -0.15) is 0 Å². The van der Waals surface area contributed by atoms with Crippen LogP contribution in [0.2, 0.25) is 5.02 Å². The first-order chi connectivity index (χ1) is 8.06. The van der Waals surface area contributed by atoms with E-state index in [-0.39, 0.29) is 5.02 Å². The summed E-state index contributed by atoms with van der Waals surface area (Å²) in [5, 5.41) is 0.0669. The monoisotopic (exact) mass is 315 g/mol. The lowest BCUT2D eigenvalue weighted by Gasteiger charge is -2.06. The average Bonchev–Trinajstić information content (AvgIpc) is 2.29. The molecule has 0 aliphatic heterocycles. The van der Waals surface area contributed by atoms with Gasteiger partial charge in [-0.3, -0.25) is 0 Å². The summed E-state index contributed by atoms with van der Waals surface area (Å²) in [7, 11) is 0. The van der Waals surface area contributed by atoms with Crippen LogP contribution in [0.25, 0.3) is 0 Å². The van der Waals surface area contributed by atoms with Crippen LogP contribution in [0.5, 0.6) is 11.6 Å². The van der Waals surface area contributed by atoms with E-state index >= 15 is 0 Å². The lowest BCUT2D eigenvalue weighted by Crippen LogP contribution is -1.91. The maximum Gasteiger partial charge on any atom is 0.219 e. The molecule has 2 rings (SSSR count). The minimum atomic E-state index is -0.516. The number of rotatable bonds is 2. The number of benzene rings is 1. The van der Waals surface area contributed by atoms with E-state index in [4.69, 9.17) is 16.3 Å². The van der Waals surface area contributed by atoms with Crippen LogP contribution >= 0.6 is 27.5 Å². The Morgan fingerprint density at radius 1 is 1.29 bits per heavy atom. The van der Waals surface area contributed by atoms with Crippen molar-refractivity contribution in [3.63, 3.8) is 0 Å². The molecule has 0 N–H and O–H groups in total. The van der Waals surface area contributed by atoms with Crippen LogP contribution in [-0.2, 0) is 0 Å². The topological polar surface area (TPSA) is 22.1 Å². The molecule has 0 unspecified atom stereocenters. The minimum Gasteiger partial charge on any atom is -0.439 e. The van der Waals surface area contributed by atoms with Gasteiger partial charge in [0.05, 0.1) is 10.7 Å². The van der Waals surface area contributed by atoms with Gasteiger partial charge in [0, 0.05) is 16.6 Å². The van der Waals surface area contributed by atoms with Crippen LogP contribution in [0.3, 0.4) is 0 Å². The number of pyridine rings is 1. The van der Waals surface area contributed by atoms with Gasteiger partial charge in [-0.15, -0.1) is 0 Å². The van der Waals surface area contributed by atoms with Crippen molar-refractivity contribution in [1.82, 2.24) is 4.98 Å². The van der Waals surface area contributed by atoms with E-state index in [2.05, 4.69) is 20.9 Å². The Morgan fingerprint density at radius 3 is 2.71 bits per heavy atom. The first-order valence-electron chi connectivity index (χ1n) is 4.82. The third-order valence-corrected chi connectivity index (χ3v) is 3.25. The van der Waals surface area contributed by atoms with Gasteiger partial charge in [-0.25, -0.2) is 9.37 Å². The summed E-state index contributed by atoms with van der Waals surface area (Å²) in [5.74, 6) is 0.256. The third-order valence-electron chi connectivity index (χ3n) is 2.11. The number of aromatic nitrogens is 1. The molecule has 5 heteroatoms. The average molecular weight is 317 g/mol. The summed E-state index contributed by atoms with van der Waals surface area (Å²) in [6.45, 7) is 1.85. The molecule has 2 aromatic rings. The highest BCUT2D eigenvalue weighted by Crippen LogP contribution is 2.25. The van der Waals surface area contributed by atoms with E-state index < -0.39 is 5.82 Å². The second-order valence-corrected chi connectivity index (χ2v) is 4.66. The van der Waals surface area contributed by atoms with Gasteiger partial charge >= 0.3 is 0 Å². The zero-order valence-corrected chi connectivity index (χ0v) is 11.2. The van der Waals surface area contributed by atoms with E-state index in [0.29, 0.717) is 11.6 Å². The molecular weight excluding hydrogens is 308 g/mol. The zero-order chi connectivity index (χ0) is 12.4. The van der Waals surface area contributed by atoms with E-state index in [1.807, 2.05) is 13.0 Å². The molecule has 1 heterocycles. The molecule has 0 radical (unpaired) electrons. The molecule has 0 saturated heterocycles. The number of nitrogens with zero attached hydrogens (tertiary/aromatic N) is 1. The van der Waals surface area contributed by atoms with E-state index in [9.17, 15) is 4.39 Å². The quantitative estimate of drug-likeness (QED) is 0.798. The molecule has 1 aromatic heterocycles. The van der Waals surface area contributed by atoms with Crippen LogP contribution < -0.4 is 4.74 Å². The van der Waals surface area contributed by atoms with Gasteiger partial charge in [0.2, 0.25) is 5.88 Å². The normalized spacial score (nSPS) is 10.4. The second-order valence-electron chi connectivity index (χ2n) is 3.39. The van der Waals surface area contributed by atoms with Gasteiger partial charge < -0.3 is 4.74 Å². The SMILES string of the molecule is Cc1nc(Oc2ccc(Cl)c(F)c2)ccc1Br. The van der Waals surface area contributed by atoms with Crippen LogP contribution in [-0.4, -0.2) is 4.98 Å². The second kappa shape index (κ2) is 5.02. The van der Waals surface area contributed by atoms with Crippen LogP contribution in [0.4, 0.5) is 4.39 Å². The third kappa shape index (κ3) is 2.96. The molecule has 17 heavy (non-hydrogen) atoms. The highest BCUT2D eigenvalue weighted by atomic mass is 79.9. The fourth-order valence-electron chi connectivity index (χ4n) is 1.24. The van der Waals surface area contributed by atoms with E-state index in [0.717, 1.165) is 10.2 Å². The van der Waals surface area contributed by atoms with Crippen molar-refractivity contribution in [3.8, 4) is 11.6 Å². The van der Waals surface area contributed by atoms with Gasteiger partial charge in [0.25, 0.3) is 0 Å². The number of ether oxygens (including phenoxy) is 1. The Morgan fingerprint density at radius 2 is 2.06 bits per heavy atom. The Hall–Kier alpha value is -1.13. The molecular formula is C12H8BrClFNO.